The van der Waals surface area contributed by atoms with E-state index in [-0.39, 0.29) is 30.1 Å². The molecule has 9 heteroatoms. The fraction of sp³-hybridized carbons (Fsp3) is 0.526. The van der Waals surface area contributed by atoms with Gasteiger partial charge in [-0.3, -0.25) is 4.79 Å². The van der Waals surface area contributed by atoms with Gasteiger partial charge in [0.25, 0.3) is 5.91 Å². The van der Waals surface area contributed by atoms with Crippen LogP contribution in [0.3, 0.4) is 0 Å². The molecule has 1 amide bonds. The van der Waals surface area contributed by atoms with Crippen LogP contribution in [0.15, 0.2) is 24.3 Å². The molecule has 0 N–H and O–H groups in total. The zero-order valence-electron chi connectivity index (χ0n) is 16.0. The van der Waals surface area contributed by atoms with Crippen LogP contribution in [0.1, 0.15) is 25.8 Å². The lowest BCUT2D eigenvalue weighted by atomic mass is 10.1. The Kier molecular flexibility index (Phi) is 7.40. The van der Waals surface area contributed by atoms with Crippen molar-refractivity contribution in [3.8, 4) is 11.8 Å². The van der Waals surface area contributed by atoms with Gasteiger partial charge < -0.3 is 14.4 Å². The van der Waals surface area contributed by atoms with E-state index in [4.69, 9.17) is 14.7 Å². The molecule has 0 unspecified atom stereocenters. The second kappa shape index (κ2) is 9.55. The zero-order valence-corrected chi connectivity index (χ0v) is 16.8. The molecule has 1 atom stereocenters. The van der Waals surface area contributed by atoms with Gasteiger partial charge in [0.15, 0.2) is 23.1 Å². The van der Waals surface area contributed by atoms with E-state index in [0.717, 1.165) is 0 Å². The molecular weight excluding hydrogens is 384 g/mol. The third kappa shape index (κ3) is 6.53. The minimum Gasteiger partial charge on any atom is -0.482 e. The Labute approximate surface area is 164 Å². The number of carbonyl (C=O) groups excluding carboxylic acids is 2. The maximum absolute atomic E-state index is 12.5. The standard InChI is InChI=1S/C19H24N2O6S/c1-14(2)10-21(16-7-8-28(24,25)13-16)18(22)11-27-19(23)12-26-17-5-3-15(9-20)4-6-17/h3-6,14,16H,7-8,10-13H2,1-2H3/t16-/m1/s1. The Morgan fingerprint density at radius 3 is 2.46 bits per heavy atom. The van der Waals surface area contributed by atoms with Crippen molar-refractivity contribution in [3.05, 3.63) is 29.8 Å². The molecule has 28 heavy (non-hydrogen) atoms. The first-order chi connectivity index (χ1) is 13.2. The third-order valence-electron chi connectivity index (χ3n) is 4.23. The molecule has 1 fully saturated rings. The molecule has 0 saturated carbocycles. The van der Waals surface area contributed by atoms with E-state index >= 15 is 0 Å². The van der Waals surface area contributed by atoms with Gasteiger partial charge in [-0.15, -0.1) is 0 Å². The molecule has 1 heterocycles. The summed E-state index contributed by atoms with van der Waals surface area (Å²) in [6, 6.07) is 7.83. The Bertz CT molecular complexity index is 842. The highest BCUT2D eigenvalue weighted by molar-refractivity contribution is 7.91. The molecule has 1 saturated heterocycles. The first-order valence-electron chi connectivity index (χ1n) is 8.98. The fourth-order valence-electron chi connectivity index (χ4n) is 2.90. The highest BCUT2D eigenvalue weighted by Crippen LogP contribution is 2.19. The Morgan fingerprint density at radius 1 is 1.25 bits per heavy atom. The van der Waals surface area contributed by atoms with Crippen LogP contribution >= 0.6 is 0 Å². The highest BCUT2D eigenvalue weighted by atomic mass is 32.2. The van der Waals surface area contributed by atoms with Crippen molar-refractivity contribution in [3.63, 3.8) is 0 Å². The van der Waals surface area contributed by atoms with E-state index < -0.39 is 28.3 Å². The third-order valence-corrected chi connectivity index (χ3v) is 5.98. The molecule has 0 aromatic heterocycles. The number of rotatable bonds is 8. The number of sulfone groups is 1. The van der Waals surface area contributed by atoms with E-state index in [1.54, 1.807) is 24.3 Å². The van der Waals surface area contributed by atoms with Gasteiger partial charge in [-0.05, 0) is 36.6 Å². The molecule has 8 nitrogen and oxygen atoms in total. The van der Waals surface area contributed by atoms with Crippen LogP contribution in [0, 0.1) is 17.2 Å². The summed E-state index contributed by atoms with van der Waals surface area (Å²) in [5, 5.41) is 8.74. The topological polar surface area (TPSA) is 114 Å². The molecule has 1 aromatic rings. The van der Waals surface area contributed by atoms with Crippen LogP contribution in [-0.4, -0.2) is 62.5 Å². The average Bonchev–Trinajstić information content (AvgIpc) is 3.02. The SMILES string of the molecule is CC(C)CN(C(=O)COC(=O)COc1ccc(C#N)cc1)[C@@H]1CCS(=O)(=O)C1. The van der Waals surface area contributed by atoms with Gasteiger partial charge in [0, 0.05) is 12.6 Å². The smallest absolute Gasteiger partial charge is 0.344 e. The van der Waals surface area contributed by atoms with E-state index in [1.165, 1.54) is 4.90 Å². The summed E-state index contributed by atoms with van der Waals surface area (Å²) in [5.41, 5.74) is 0.472. The minimum absolute atomic E-state index is 0.0544. The molecule has 152 valence electrons. The first-order valence-corrected chi connectivity index (χ1v) is 10.8. The summed E-state index contributed by atoms with van der Waals surface area (Å²) >= 11 is 0. The lowest BCUT2D eigenvalue weighted by Crippen LogP contribution is -2.45. The van der Waals surface area contributed by atoms with Gasteiger partial charge in [-0.25, -0.2) is 13.2 Å². The van der Waals surface area contributed by atoms with Gasteiger partial charge >= 0.3 is 5.97 Å². The molecular formula is C19H24N2O6S. The van der Waals surface area contributed by atoms with Crippen molar-refractivity contribution in [1.29, 1.82) is 5.26 Å². The Morgan fingerprint density at radius 2 is 1.93 bits per heavy atom. The number of amides is 1. The molecule has 0 aliphatic carbocycles. The van der Waals surface area contributed by atoms with Crippen molar-refractivity contribution in [2.24, 2.45) is 5.92 Å². The summed E-state index contributed by atoms with van der Waals surface area (Å²) in [5.74, 6) is -0.551. The lowest BCUT2D eigenvalue weighted by Gasteiger charge is -2.29. The quantitative estimate of drug-likeness (QED) is 0.593. The zero-order chi connectivity index (χ0) is 20.7. The van der Waals surface area contributed by atoms with E-state index in [1.807, 2.05) is 19.9 Å². The van der Waals surface area contributed by atoms with Crippen LogP contribution in [0.4, 0.5) is 0 Å². The van der Waals surface area contributed by atoms with Crippen LogP contribution in [0.25, 0.3) is 0 Å². The fourth-order valence-corrected chi connectivity index (χ4v) is 4.63. The molecule has 2 rings (SSSR count). The van der Waals surface area contributed by atoms with Crippen molar-refractivity contribution < 1.29 is 27.5 Å². The van der Waals surface area contributed by atoms with E-state index in [2.05, 4.69) is 0 Å². The number of ether oxygens (including phenoxy) is 2. The van der Waals surface area contributed by atoms with Crippen LogP contribution in [0.5, 0.6) is 5.75 Å². The van der Waals surface area contributed by atoms with Gasteiger partial charge in [0.2, 0.25) is 0 Å². The molecule has 0 bridgehead atoms. The second-order valence-electron chi connectivity index (χ2n) is 7.08. The molecule has 0 spiro atoms. The van der Waals surface area contributed by atoms with E-state index in [0.29, 0.717) is 24.3 Å². The number of nitrogens with zero attached hydrogens (tertiary/aromatic N) is 2. The molecule has 0 radical (unpaired) electrons. The van der Waals surface area contributed by atoms with E-state index in [9.17, 15) is 18.0 Å². The predicted molar refractivity (Wildman–Crippen MR) is 101 cm³/mol. The highest BCUT2D eigenvalue weighted by Gasteiger charge is 2.35. The van der Waals surface area contributed by atoms with Crippen LogP contribution < -0.4 is 4.74 Å². The summed E-state index contributed by atoms with van der Waals surface area (Å²) in [7, 11) is -3.13. The van der Waals surface area contributed by atoms with Gasteiger partial charge in [0.1, 0.15) is 5.75 Å². The summed E-state index contributed by atoms with van der Waals surface area (Å²) in [6.07, 6.45) is 0.399. The minimum atomic E-state index is -3.13. The summed E-state index contributed by atoms with van der Waals surface area (Å²) < 4.78 is 33.7. The number of hydrogen-bond acceptors (Lipinski definition) is 7. The molecule has 1 aliphatic rings. The lowest BCUT2D eigenvalue weighted by molar-refractivity contribution is -0.154. The maximum Gasteiger partial charge on any atom is 0.344 e. The first kappa shape index (κ1) is 21.7. The van der Waals surface area contributed by atoms with Crippen molar-refractivity contribution in [1.82, 2.24) is 4.90 Å². The van der Waals surface area contributed by atoms with Gasteiger partial charge in [0.05, 0.1) is 23.1 Å². The monoisotopic (exact) mass is 408 g/mol. The predicted octanol–water partition coefficient (Wildman–Crippen LogP) is 1.15. The van der Waals surface area contributed by atoms with Gasteiger partial charge in [-0.2, -0.15) is 5.26 Å². The maximum atomic E-state index is 12.5. The Balaban J connectivity index is 1.85. The number of carbonyl (C=O) groups is 2. The molecule has 1 aliphatic heterocycles. The second-order valence-corrected chi connectivity index (χ2v) is 9.31. The summed E-state index contributed by atoms with van der Waals surface area (Å²) in [6.45, 7) is 3.43. The van der Waals surface area contributed by atoms with Crippen molar-refractivity contribution >= 4 is 21.7 Å². The summed E-state index contributed by atoms with van der Waals surface area (Å²) in [4.78, 5) is 25.9. The molecule has 1 aromatic carbocycles. The number of esters is 1. The Hall–Kier alpha value is -2.60. The van der Waals surface area contributed by atoms with Crippen LogP contribution in [0.2, 0.25) is 0 Å². The average molecular weight is 408 g/mol. The van der Waals surface area contributed by atoms with Crippen molar-refractivity contribution in [2.75, 3.05) is 31.3 Å². The number of nitriles is 1. The van der Waals surface area contributed by atoms with Crippen molar-refractivity contribution in [2.45, 2.75) is 26.3 Å². The largest absolute Gasteiger partial charge is 0.482 e. The number of hydrogen-bond donors (Lipinski definition) is 0. The van der Waals surface area contributed by atoms with Crippen LogP contribution in [-0.2, 0) is 24.2 Å². The number of benzene rings is 1. The van der Waals surface area contributed by atoms with Gasteiger partial charge in [-0.1, -0.05) is 13.8 Å². The normalized spacial score (nSPS) is 17.7.